The van der Waals surface area contributed by atoms with Gasteiger partial charge in [-0.15, -0.1) is 24.0 Å². The zero-order valence-corrected chi connectivity index (χ0v) is 14.5. The summed E-state index contributed by atoms with van der Waals surface area (Å²) < 4.78 is 0. The Kier molecular flexibility index (Phi) is 8.03. The molecule has 1 saturated carbocycles. The van der Waals surface area contributed by atoms with Crippen LogP contribution in [-0.2, 0) is 4.79 Å². The first-order chi connectivity index (χ1) is 9.78. The molecule has 116 valence electrons. The third kappa shape index (κ3) is 7.26. The Balaban J connectivity index is 0.00000220. The van der Waals surface area contributed by atoms with E-state index in [2.05, 4.69) is 25.9 Å². The van der Waals surface area contributed by atoms with Crippen LogP contribution in [0.25, 0.3) is 0 Å². The van der Waals surface area contributed by atoms with Gasteiger partial charge in [-0.25, -0.2) is 4.99 Å². The number of hydrogen-bond donors (Lipinski definition) is 3. The molecule has 0 atom stereocenters. The average Bonchev–Trinajstić information content (AvgIpc) is 3.27. The molecule has 0 spiro atoms. The second kappa shape index (κ2) is 9.54. The molecule has 7 heteroatoms. The largest absolute Gasteiger partial charge is 0.357 e. The van der Waals surface area contributed by atoms with Crippen molar-refractivity contribution < 1.29 is 4.79 Å². The van der Waals surface area contributed by atoms with E-state index in [0.29, 0.717) is 11.6 Å². The Morgan fingerprint density at radius 2 is 2.24 bits per heavy atom. The molecular weight excluding hydrogens is 381 g/mol. The third-order valence-corrected chi connectivity index (χ3v) is 2.93. The van der Waals surface area contributed by atoms with E-state index in [1.807, 2.05) is 6.92 Å². The SMILES string of the molecule is CCNC(=NCC(=O)Nc1cccnc1)NCC1CC1.I. The monoisotopic (exact) mass is 403 g/mol. The molecule has 2 rings (SSSR count). The Morgan fingerprint density at radius 3 is 2.86 bits per heavy atom. The van der Waals surface area contributed by atoms with Gasteiger partial charge >= 0.3 is 0 Å². The number of rotatable bonds is 6. The van der Waals surface area contributed by atoms with E-state index < -0.39 is 0 Å². The van der Waals surface area contributed by atoms with Gasteiger partial charge in [-0.3, -0.25) is 9.78 Å². The first-order valence-corrected chi connectivity index (χ1v) is 7.00. The second-order valence-corrected chi connectivity index (χ2v) is 4.81. The summed E-state index contributed by atoms with van der Waals surface area (Å²) in [5.41, 5.74) is 0.684. The van der Waals surface area contributed by atoms with Gasteiger partial charge in [0.05, 0.1) is 11.9 Å². The van der Waals surface area contributed by atoms with Crippen molar-refractivity contribution in [3.05, 3.63) is 24.5 Å². The highest BCUT2D eigenvalue weighted by atomic mass is 127. The lowest BCUT2D eigenvalue weighted by atomic mass is 10.4. The molecular formula is C14H22IN5O. The summed E-state index contributed by atoms with van der Waals surface area (Å²) in [7, 11) is 0. The number of amides is 1. The number of hydrogen-bond acceptors (Lipinski definition) is 3. The van der Waals surface area contributed by atoms with Gasteiger partial charge in [0.15, 0.2) is 5.96 Å². The molecule has 6 nitrogen and oxygen atoms in total. The summed E-state index contributed by atoms with van der Waals surface area (Å²) in [6.07, 6.45) is 5.85. The van der Waals surface area contributed by atoms with Crippen molar-refractivity contribution in [1.82, 2.24) is 15.6 Å². The van der Waals surface area contributed by atoms with Gasteiger partial charge in [-0.05, 0) is 37.8 Å². The van der Waals surface area contributed by atoms with E-state index in [-0.39, 0.29) is 36.4 Å². The normalized spacial score (nSPS) is 14.0. The topological polar surface area (TPSA) is 78.4 Å². The molecule has 1 fully saturated rings. The van der Waals surface area contributed by atoms with Crippen LogP contribution in [0.1, 0.15) is 19.8 Å². The van der Waals surface area contributed by atoms with Gasteiger partial charge in [-0.1, -0.05) is 0 Å². The average molecular weight is 403 g/mol. The van der Waals surface area contributed by atoms with Crippen molar-refractivity contribution in [2.24, 2.45) is 10.9 Å². The summed E-state index contributed by atoms with van der Waals surface area (Å²) in [6.45, 7) is 3.80. The van der Waals surface area contributed by atoms with Crippen molar-refractivity contribution in [3.8, 4) is 0 Å². The van der Waals surface area contributed by atoms with E-state index in [1.165, 1.54) is 12.8 Å². The molecule has 1 amide bonds. The molecule has 21 heavy (non-hydrogen) atoms. The van der Waals surface area contributed by atoms with E-state index in [9.17, 15) is 4.79 Å². The molecule has 1 aromatic heterocycles. The molecule has 1 aliphatic rings. The van der Waals surface area contributed by atoms with Gasteiger partial charge in [0.1, 0.15) is 6.54 Å². The minimum Gasteiger partial charge on any atom is -0.357 e. The number of anilines is 1. The van der Waals surface area contributed by atoms with Crippen molar-refractivity contribution in [2.75, 3.05) is 25.0 Å². The fraction of sp³-hybridized carbons (Fsp3) is 0.500. The van der Waals surface area contributed by atoms with Crippen molar-refractivity contribution in [3.63, 3.8) is 0 Å². The van der Waals surface area contributed by atoms with Crippen LogP contribution in [0.4, 0.5) is 5.69 Å². The Bertz CT molecular complexity index is 462. The number of aliphatic imine (C=N–C) groups is 1. The van der Waals surface area contributed by atoms with Gasteiger partial charge in [0.2, 0.25) is 5.91 Å². The van der Waals surface area contributed by atoms with E-state index in [0.717, 1.165) is 19.0 Å². The highest BCUT2D eigenvalue weighted by Gasteiger charge is 2.21. The molecule has 1 aromatic rings. The zero-order valence-electron chi connectivity index (χ0n) is 12.1. The molecule has 3 N–H and O–H groups in total. The lowest BCUT2D eigenvalue weighted by Crippen LogP contribution is -2.39. The lowest BCUT2D eigenvalue weighted by Gasteiger charge is -2.10. The van der Waals surface area contributed by atoms with E-state index >= 15 is 0 Å². The predicted molar refractivity (Wildman–Crippen MR) is 95.0 cm³/mol. The van der Waals surface area contributed by atoms with Crippen molar-refractivity contribution in [1.29, 1.82) is 0 Å². The minimum atomic E-state index is -0.151. The zero-order chi connectivity index (χ0) is 14.2. The number of nitrogens with zero attached hydrogens (tertiary/aromatic N) is 2. The van der Waals surface area contributed by atoms with Gasteiger partial charge in [-0.2, -0.15) is 0 Å². The maximum atomic E-state index is 11.8. The highest BCUT2D eigenvalue weighted by molar-refractivity contribution is 14.0. The van der Waals surface area contributed by atoms with Crippen LogP contribution in [0.3, 0.4) is 0 Å². The molecule has 0 radical (unpaired) electrons. The number of carbonyl (C=O) groups is 1. The summed E-state index contributed by atoms with van der Waals surface area (Å²) in [4.78, 5) is 20.0. The standard InChI is InChI=1S/C14H21N5O.HI/c1-2-16-14(17-8-11-5-6-11)18-10-13(20)19-12-4-3-7-15-9-12;/h3-4,7,9,11H,2,5-6,8,10H2,1H3,(H,19,20)(H2,16,17,18);1H. The molecule has 0 unspecified atom stereocenters. The first-order valence-electron chi connectivity index (χ1n) is 7.00. The Morgan fingerprint density at radius 1 is 1.43 bits per heavy atom. The highest BCUT2D eigenvalue weighted by Crippen LogP contribution is 2.27. The van der Waals surface area contributed by atoms with E-state index in [1.54, 1.807) is 24.5 Å². The van der Waals surface area contributed by atoms with Crippen molar-refractivity contribution in [2.45, 2.75) is 19.8 Å². The second-order valence-electron chi connectivity index (χ2n) is 4.81. The molecule has 1 heterocycles. The number of aromatic nitrogens is 1. The summed E-state index contributed by atoms with van der Waals surface area (Å²) in [5.74, 6) is 1.31. The van der Waals surface area contributed by atoms with Crippen LogP contribution in [0.15, 0.2) is 29.5 Å². The quantitative estimate of drug-likeness (QED) is 0.383. The maximum absolute atomic E-state index is 11.8. The fourth-order valence-corrected chi connectivity index (χ4v) is 1.69. The lowest BCUT2D eigenvalue weighted by molar-refractivity contribution is -0.114. The molecule has 0 bridgehead atoms. The third-order valence-electron chi connectivity index (χ3n) is 2.93. The first kappa shape index (κ1) is 17.7. The molecule has 0 aliphatic heterocycles. The van der Waals surface area contributed by atoms with Gasteiger partial charge in [0.25, 0.3) is 0 Å². The van der Waals surface area contributed by atoms with Crippen LogP contribution >= 0.6 is 24.0 Å². The van der Waals surface area contributed by atoms with Crippen LogP contribution in [0.2, 0.25) is 0 Å². The molecule has 0 saturated heterocycles. The maximum Gasteiger partial charge on any atom is 0.246 e. The fourth-order valence-electron chi connectivity index (χ4n) is 1.69. The van der Waals surface area contributed by atoms with Crippen LogP contribution in [0, 0.1) is 5.92 Å². The molecule has 1 aliphatic carbocycles. The minimum absolute atomic E-state index is 0. The smallest absolute Gasteiger partial charge is 0.246 e. The summed E-state index contributed by atoms with van der Waals surface area (Å²) in [5, 5.41) is 9.13. The predicted octanol–water partition coefficient (Wildman–Crippen LogP) is 1.60. The summed E-state index contributed by atoms with van der Waals surface area (Å²) in [6, 6.07) is 3.57. The number of guanidine groups is 1. The number of carbonyl (C=O) groups excluding carboxylic acids is 1. The van der Waals surface area contributed by atoms with Crippen molar-refractivity contribution >= 4 is 41.5 Å². The number of halogens is 1. The van der Waals surface area contributed by atoms with Gasteiger partial charge < -0.3 is 16.0 Å². The Labute approximate surface area is 142 Å². The van der Waals surface area contributed by atoms with Crippen LogP contribution in [0.5, 0.6) is 0 Å². The number of nitrogens with one attached hydrogen (secondary N) is 3. The van der Waals surface area contributed by atoms with E-state index in [4.69, 9.17) is 0 Å². The Hall–Kier alpha value is -1.38. The van der Waals surface area contributed by atoms with Crippen LogP contribution < -0.4 is 16.0 Å². The summed E-state index contributed by atoms with van der Waals surface area (Å²) >= 11 is 0. The number of pyridine rings is 1. The van der Waals surface area contributed by atoms with Gasteiger partial charge in [0, 0.05) is 19.3 Å². The molecule has 0 aromatic carbocycles. The van der Waals surface area contributed by atoms with Crippen LogP contribution in [-0.4, -0.2) is 36.5 Å².